The SMILES string of the molecule is CCOC1CCN(CCCn2cc(N)ccc2=O)CC1. The lowest BCUT2D eigenvalue weighted by atomic mass is 10.1. The van der Waals surface area contributed by atoms with Gasteiger partial charge >= 0.3 is 0 Å². The van der Waals surface area contributed by atoms with Gasteiger partial charge in [-0.25, -0.2) is 0 Å². The van der Waals surface area contributed by atoms with Crippen LogP contribution in [0, 0.1) is 0 Å². The number of aromatic nitrogens is 1. The van der Waals surface area contributed by atoms with Crippen LogP contribution < -0.4 is 11.3 Å². The van der Waals surface area contributed by atoms with Crippen LogP contribution in [0.3, 0.4) is 0 Å². The maximum Gasteiger partial charge on any atom is 0.250 e. The zero-order valence-corrected chi connectivity index (χ0v) is 12.3. The fourth-order valence-electron chi connectivity index (χ4n) is 2.72. The van der Waals surface area contributed by atoms with Gasteiger partial charge in [-0.1, -0.05) is 0 Å². The highest BCUT2D eigenvalue weighted by molar-refractivity contribution is 5.33. The average molecular weight is 279 g/mol. The molecule has 2 heterocycles. The minimum Gasteiger partial charge on any atom is -0.398 e. The minimum absolute atomic E-state index is 0.0225. The quantitative estimate of drug-likeness (QED) is 0.853. The standard InChI is InChI=1S/C15H25N3O2/c1-2-20-14-6-10-17(11-7-14)8-3-9-18-12-13(16)4-5-15(18)19/h4-5,12,14H,2-3,6-11,16H2,1H3. The summed E-state index contributed by atoms with van der Waals surface area (Å²) in [7, 11) is 0. The van der Waals surface area contributed by atoms with E-state index in [0.29, 0.717) is 11.8 Å². The monoisotopic (exact) mass is 279 g/mol. The summed E-state index contributed by atoms with van der Waals surface area (Å²) in [5, 5.41) is 0. The molecule has 0 saturated carbocycles. The summed E-state index contributed by atoms with van der Waals surface area (Å²) in [6.45, 7) is 6.81. The highest BCUT2D eigenvalue weighted by atomic mass is 16.5. The number of nitrogen functional groups attached to an aromatic ring is 1. The van der Waals surface area contributed by atoms with Crippen LogP contribution in [0.5, 0.6) is 0 Å². The van der Waals surface area contributed by atoms with E-state index in [1.807, 2.05) is 0 Å². The van der Waals surface area contributed by atoms with Crippen molar-refractivity contribution in [3.63, 3.8) is 0 Å². The van der Waals surface area contributed by atoms with Gasteiger partial charge in [0, 0.05) is 44.2 Å². The third kappa shape index (κ3) is 4.35. The molecule has 5 nitrogen and oxygen atoms in total. The summed E-state index contributed by atoms with van der Waals surface area (Å²) in [4.78, 5) is 14.1. The number of piperidine rings is 1. The van der Waals surface area contributed by atoms with Gasteiger partial charge in [0.25, 0.3) is 5.56 Å². The first-order chi connectivity index (χ1) is 9.69. The Morgan fingerprint density at radius 2 is 2.05 bits per heavy atom. The number of rotatable bonds is 6. The molecule has 1 aromatic rings. The van der Waals surface area contributed by atoms with Gasteiger partial charge < -0.3 is 19.9 Å². The molecule has 1 aliphatic heterocycles. The van der Waals surface area contributed by atoms with Crippen molar-refractivity contribution in [1.82, 2.24) is 9.47 Å². The van der Waals surface area contributed by atoms with Gasteiger partial charge in [-0.05, 0) is 38.8 Å². The Morgan fingerprint density at radius 1 is 1.30 bits per heavy atom. The van der Waals surface area contributed by atoms with Gasteiger partial charge in [0.05, 0.1) is 6.10 Å². The first kappa shape index (κ1) is 15.1. The van der Waals surface area contributed by atoms with E-state index in [9.17, 15) is 4.79 Å². The van der Waals surface area contributed by atoms with E-state index in [1.54, 1.807) is 16.8 Å². The molecule has 5 heteroatoms. The van der Waals surface area contributed by atoms with Gasteiger partial charge in [-0.3, -0.25) is 4.79 Å². The van der Waals surface area contributed by atoms with Crippen LogP contribution in [0.25, 0.3) is 0 Å². The average Bonchev–Trinajstić information content (AvgIpc) is 2.45. The summed E-state index contributed by atoms with van der Waals surface area (Å²) in [6, 6.07) is 3.18. The third-order valence-corrected chi connectivity index (χ3v) is 3.82. The van der Waals surface area contributed by atoms with E-state index >= 15 is 0 Å². The number of nitrogens with two attached hydrogens (primary N) is 1. The lowest BCUT2D eigenvalue weighted by Gasteiger charge is -2.31. The van der Waals surface area contributed by atoms with E-state index in [1.165, 1.54) is 6.07 Å². The van der Waals surface area contributed by atoms with Crippen molar-refractivity contribution >= 4 is 5.69 Å². The van der Waals surface area contributed by atoms with E-state index < -0.39 is 0 Å². The second kappa shape index (κ2) is 7.45. The second-order valence-electron chi connectivity index (χ2n) is 5.34. The topological polar surface area (TPSA) is 60.5 Å². The van der Waals surface area contributed by atoms with Gasteiger partial charge in [-0.2, -0.15) is 0 Å². The zero-order valence-electron chi connectivity index (χ0n) is 12.3. The Hall–Kier alpha value is -1.33. The number of aryl methyl sites for hydroxylation is 1. The molecular weight excluding hydrogens is 254 g/mol. The van der Waals surface area contributed by atoms with Gasteiger partial charge in [-0.15, -0.1) is 0 Å². The summed E-state index contributed by atoms with van der Waals surface area (Å²) in [6.07, 6.45) is 5.37. The van der Waals surface area contributed by atoms with Crippen molar-refractivity contribution in [2.45, 2.75) is 38.8 Å². The van der Waals surface area contributed by atoms with E-state index in [-0.39, 0.29) is 5.56 Å². The lowest BCUT2D eigenvalue weighted by Crippen LogP contribution is -2.38. The molecule has 0 aliphatic carbocycles. The maximum atomic E-state index is 11.6. The molecule has 0 bridgehead atoms. The number of nitrogens with zero attached hydrogens (tertiary/aromatic N) is 2. The number of anilines is 1. The van der Waals surface area contributed by atoms with Crippen LogP contribution in [0.4, 0.5) is 5.69 Å². The maximum absolute atomic E-state index is 11.6. The number of likely N-dealkylation sites (tertiary alicyclic amines) is 1. The highest BCUT2D eigenvalue weighted by Crippen LogP contribution is 2.13. The van der Waals surface area contributed by atoms with Gasteiger partial charge in [0.1, 0.15) is 0 Å². The third-order valence-electron chi connectivity index (χ3n) is 3.82. The molecule has 112 valence electrons. The summed E-state index contributed by atoms with van der Waals surface area (Å²) >= 11 is 0. The molecule has 2 N–H and O–H groups in total. The minimum atomic E-state index is 0.0225. The summed E-state index contributed by atoms with van der Waals surface area (Å²) < 4.78 is 7.34. The molecule has 0 atom stereocenters. The van der Waals surface area contributed by atoms with Gasteiger partial charge in [0.15, 0.2) is 0 Å². The number of ether oxygens (including phenoxy) is 1. The smallest absolute Gasteiger partial charge is 0.250 e. The van der Waals surface area contributed by atoms with Crippen molar-refractivity contribution in [2.24, 2.45) is 0 Å². The predicted molar refractivity (Wildman–Crippen MR) is 80.8 cm³/mol. The molecule has 2 rings (SSSR count). The van der Waals surface area contributed by atoms with E-state index in [4.69, 9.17) is 10.5 Å². The number of hydrogen-bond acceptors (Lipinski definition) is 4. The molecule has 0 unspecified atom stereocenters. The van der Waals surface area contributed by atoms with Crippen molar-refractivity contribution in [1.29, 1.82) is 0 Å². The van der Waals surface area contributed by atoms with Crippen LogP contribution in [0.15, 0.2) is 23.1 Å². The normalized spacial score (nSPS) is 17.4. The Bertz CT molecular complexity index is 464. The number of pyridine rings is 1. The zero-order chi connectivity index (χ0) is 14.4. The molecule has 20 heavy (non-hydrogen) atoms. The molecule has 0 amide bonds. The van der Waals surface area contributed by atoms with E-state index in [2.05, 4.69) is 11.8 Å². The van der Waals surface area contributed by atoms with Crippen LogP contribution in [-0.2, 0) is 11.3 Å². The summed E-state index contributed by atoms with van der Waals surface area (Å²) in [5.74, 6) is 0. The van der Waals surface area contributed by atoms with Crippen LogP contribution in [-0.4, -0.2) is 41.8 Å². The molecule has 1 aromatic heterocycles. The van der Waals surface area contributed by atoms with Crippen molar-refractivity contribution < 1.29 is 4.74 Å². The predicted octanol–water partition coefficient (Wildman–Crippen LogP) is 1.32. The lowest BCUT2D eigenvalue weighted by molar-refractivity contribution is 0.0139. The molecule has 1 saturated heterocycles. The Morgan fingerprint density at radius 3 is 2.75 bits per heavy atom. The van der Waals surface area contributed by atoms with Crippen molar-refractivity contribution in [2.75, 3.05) is 32.0 Å². The first-order valence-electron chi connectivity index (χ1n) is 7.49. The molecular formula is C15H25N3O2. The summed E-state index contributed by atoms with van der Waals surface area (Å²) in [5.41, 5.74) is 6.37. The fourth-order valence-corrected chi connectivity index (χ4v) is 2.72. The van der Waals surface area contributed by atoms with Gasteiger partial charge in [0.2, 0.25) is 0 Å². The first-order valence-corrected chi connectivity index (χ1v) is 7.49. The fraction of sp³-hybridized carbons (Fsp3) is 0.667. The Labute approximate surface area is 120 Å². The van der Waals surface area contributed by atoms with Crippen LogP contribution >= 0.6 is 0 Å². The molecule has 0 radical (unpaired) electrons. The van der Waals surface area contributed by atoms with Crippen molar-refractivity contribution in [3.05, 3.63) is 28.7 Å². The second-order valence-corrected chi connectivity index (χ2v) is 5.34. The largest absolute Gasteiger partial charge is 0.398 e. The molecule has 0 spiro atoms. The molecule has 1 aliphatic rings. The Balaban J connectivity index is 1.71. The highest BCUT2D eigenvalue weighted by Gasteiger charge is 2.18. The van der Waals surface area contributed by atoms with Crippen LogP contribution in [0.1, 0.15) is 26.2 Å². The molecule has 1 fully saturated rings. The molecule has 0 aromatic carbocycles. The van der Waals surface area contributed by atoms with Crippen molar-refractivity contribution in [3.8, 4) is 0 Å². The van der Waals surface area contributed by atoms with E-state index in [0.717, 1.165) is 52.0 Å². The van der Waals surface area contributed by atoms with Crippen LogP contribution in [0.2, 0.25) is 0 Å². The Kier molecular flexibility index (Phi) is 5.61. The number of hydrogen-bond donors (Lipinski definition) is 1.